The Morgan fingerprint density at radius 1 is 1.26 bits per heavy atom. The molecule has 3 N–H and O–H groups in total. The Kier molecular flexibility index (Phi) is 4.30. The van der Waals surface area contributed by atoms with Crippen LogP contribution in [-0.4, -0.2) is 15.9 Å². The second-order valence-electron chi connectivity index (χ2n) is 3.99. The highest BCUT2D eigenvalue weighted by molar-refractivity contribution is 6.29. The molecule has 0 bridgehead atoms. The lowest BCUT2D eigenvalue weighted by molar-refractivity contribution is -0.116. The minimum atomic E-state index is -0.154. The zero-order valence-corrected chi connectivity index (χ0v) is 10.9. The van der Waals surface area contributed by atoms with Gasteiger partial charge < -0.3 is 5.73 Å². The summed E-state index contributed by atoms with van der Waals surface area (Å²) in [5.74, 6) is 0.0638. The van der Waals surface area contributed by atoms with Gasteiger partial charge in [0.1, 0.15) is 5.15 Å². The minimum Gasteiger partial charge on any atom is -0.399 e. The summed E-state index contributed by atoms with van der Waals surface area (Å²) in [5, 5.41) is 2.89. The van der Waals surface area contributed by atoms with Crippen LogP contribution in [-0.2, 0) is 11.2 Å². The maximum Gasteiger partial charge on any atom is 0.230 e. The van der Waals surface area contributed by atoms with Crippen LogP contribution in [0.4, 0.5) is 11.6 Å². The van der Waals surface area contributed by atoms with Gasteiger partial charge in [-0.05, 0) is 30.2 Å². The van der Waals surface area contributed by atoms with Crippen molar-refractivity contribution in [2.45, 2.75) is 12.8 Å². The molecule has 0 aliphatic carbocycles. The minimum absolute atomic E-state index is 0.154. The highest BCUT2D eigenvalue weighted by atomic mass is 35.5. The Balaban J connectivity index is 1.86. The molecule has 0 unspecified atom stereocenters. The van der Waals surface area contributed by atoms with Crippen molar-refractivity contribution in [2.24, 2.45) is 0 Å². The van der Waals surface area contributed by atoms with Crippen molar-refractivity contribution < 1.29 is 4.79 Å². The first kappa shape index (κ1) is 13.3. The normalized spacial score (nSPS) is 10.2. The summed E-state index contributed by atoms with van der Waals surface area (Å²) in [7, 11) is 0. The average Bonchev–Trinajstić information content (AvgIpc) is 2.38. The molecule has 98 valence electrons. The molecule has 0 aliphatic rings. The summed E-state index contributed by atoms with van der Waals surface area (Å²) >= 11 is 5.70. The van der Waals surface area contributed by atoms with Crippen molar-refractivity contribution in [3.05, 3.63) is 47.2 Å². The maximum absolute atomic E-state index is 11.7. The molecule has 0 spiro atoms. The number of carbonyl (C=O) groups excluding carboxylic acids is 1. The molecule has 6 heteroatoms. The van der Waals surface area contributed by atoms with Gasteiger partial charge in [0.2, 0.25) is 11.9 Å². The van der Waals surface area contributed by atoms with Gasteiger partial charge >= 0.3 is 0 Å². The zero-order valence-electron chi connectivity index (χ0n) is 10.1. The van der Waals surface area contributed by atoms with Gasteiger partial charge in [0.05, 0.1) is 0 Å². The van der Waals surface area contributed by atoms with E-state index in [1.165, 1.54) is 6.20 Å². The van der Waals surface area contributed by atoms with E-state index in [1.807, 2.05) is 24.3 Å². The molecular weight excluding hydrogens is 264 g/mol. The number of aryl methyl sites for hydroxylation is 1. The largest absolute Gasteiger partial charge is 0.399 e. The van der Waals surface area contributed by atoms with E-state index in [0.29, 0.717) is 23.7 Å². The van der Waals surface area contributed by atoms with Gasteiger partial charge in [-0.2, -0.15) is 0 Å². The molecule has 0 atom stereocenters. The molecule has 1 amide bonds. The number of benzene rings is 1. The van der Waals surface area contributed by atoms with E-state index in [4.69, 9.17) is 17.3 Å². The van der Waals surface area contributed by atoms with Gasteiger partial charge in [-0.1, -0.05) is 23.7 Å². The molecular formula is C13H13ClN4O. The smallest absolute Gasteiger partial charge is 0.230 e. The molecule has 0 saturated heterocycles. The number of halogens is 1. The first-order valence-electron chi connectivity index (χ1n) is 5.76. The second-order valence-corrected chi connectivity index (χ2v) is 4.38. The van der Waals surface area contributed by atoms with Crippen LogP contribution in [0, 0.1) is 0 Å². The SMILES string of the molecule is Nc1ccc(CCC(=O)Nc2nccc(Cl)n2)cc1. The average molecular weight is 277 g/mol. The molecule has 2 rings (SSSR count). The predicted molar refractivity (Wildman–Crippen MR) is 74.8 cm³/mol. The monoisotopic (exact) mass is 276 g/mol. The number of aromatic nitrogens is 2. The molecule has 0 fully saturated rings. The van der Waals surface area contributed by atoms with E-state index in [2.05, 4.69) is 15.3 Å². The first-order chi connectivity index (χ1) is 9.13. The fraction of sp³-hybridized carbons (Fsp3) is 0.154. The van der Waals surface area contributed by atoms with Crippen LogP contribution in [0.1, 0.15) is 12.0 Å². The van der Waals surface area contributed by atoms with Crippen molar-refractivity contribution in [1.29, 1.82) is 0 Å². The van der Waals surface area contributed by atoms with Gasteiger partial charge in [-0.15, -0.1) is 0 Å². The Hall–Kier alpha value is -2.14. The van der Waals surface area contributed by atoms with E-state index in [0.717, 1.165) is 5.56 Å². The summed E-state index contributed by atoms with van der Waals surface area (Å²) in [5.41, 5.74) is 7.35. The number of nitrogens with two attached hydrogens (primary N) is 1. The lowest BCUT2D eigenvalue weighted by atomic mass is 10.1. The van der Waals surface area contributed by atoms with E-state index < -0.39 is 0 Å². The highest BCUT2D eigenvalue weighted by Gasteiger charge is 2.05. The summed E-state index contributed by atoms with van der Waals surface area (Å²) in [6.45, 7) is 0. The Bertz CT molecular complexity index is 571. The maximum atomic E-state index is 11.7. The molecule has 0 radical (unpaired) electrons. The number of hydrogen-bond donors (Lipinski definition) is 2. The highest BCUT2D eigenvalue weighted by Crippen LogP contribution is 2.09. The third-order valence-electron chi connectivity index (χ3n) is 2.49. The number of hydrogen-bond acceptors (Lipinski definition) is 4. The Morgan fingerprint density at radius 3 is 2.68 bits per heavy atom. The van der Waals surface area contributed by atoms with E-state index in [1.54, 1.807) is 6.07 Å². The predicted octanol–water partition coefficient (Wildman–Crippen LogP) is 2.28. The third kappa shape index (κ3) is 4.22. The summed E-state index contributed by atoms with van der Waals surface area (Å²) < 4.78 is 0. The molecule has 1 heterocycles. The van der Waals surface area contributed by atoms with E-state index >= 15 is 0 Å². The van der Waals surface area contributed by atoms with Gasteiger partial charge in [0.15, 0.2) is 0 Å². The lowest BCUT2D eigenvalue weighted by Crippen LogP contribution is -2.14. The topological polar surface area (TPSA) is 80.9 Å². The molecule has 1 aromatic heterocycles. The zero-order chi connectivity index (χ0) is 13.7. The number of amides is 1. The molecule has 5 nitrogen and oxygen atoms in total. The van der Waals surface area contributed by atoms with Gasteiger partial charge in [0.25, 0.3) is 0 Å². The number of rotatable bonds is 4. The van der Waals surface area contributed by atoms with Crippen molar-refractivity contribution in [3.63, 3.8) is 0 Å². The molecule has 0 saturated carbocycles. The van der Waals surface area contributed by atoms with Crippen LogP contribution in [0.25, 0.3) is 0 Å². The quantitative estimate of drug-likeness (QED) is 0.663. The number of nitrogen functional groups attached to an aromatic ring is 1. The number of nitrogens with one attached hydrogen (secondary N) is 1. The fourth-order valence-corrected chi connectivity index (χ4v) is 1.66. The Morgan fingerprint density at radius 2 is 2.00 bits per heavy atom. The van der Waals surface area contributed by atoms with E-state index in [-0.39, 0.29) is 11.9 Å². The second kappa shape index (κ2) is 6.15. The Labute approximate surface area is 115 Å². The van der Waals surface area contributed by atoms with Gasteiger partial charge in [-0.25, -0.2) is 9.97 Å². The van der Waals surface area contributed by atoms with E-state index in [9.17, 15) is 4.79 Å². The number of carbonyl (C=O) groups is 1. The van der Waals surface area contributed by atoms with Crippen molar-refractivity contribution >= 4 is 29.1 Å². The van der Waals surface area contributed by atoms with Gasteiger partial charge in [0, 0.05) is 18.3 Å². The first-order valence-corrected chi connectivity index (χ1v) is 6.14. The molecule has 19 heavy (non-hydrogen) atoms. The standard InChI is InChI=1S/C13H13ClN4O/c14-11-7-8-16-13(17-11)18-12(19)6-3-9-1-4-10(15)5-2-9/h1-2,4-5,7-8H,3,6,15H2,(H,16,17,18,19). The van der Waals surface area contributed by atoms with Crippen LogP contribution in [0.2, 0.25) is 5.15 Å². The van der Waals surface area contributed by atoms with Crippen LogP contribution < -0.4 is 11.1 Å². The molecule has 0 aliphatic heterocycles. The summed E-state index contributed by atoms with van der Waals surface area (Å²) in [6.07, 6.45) is 2.47. The fourth-order valence-electron chi connectivity index (χ4n) is 1.53. The third-order valence-corrected chi connectivity index (χ3v) is 2.70. The van der Waals surface area contributed by atoms with Crippen LogP contribution in [0.5, 0.6) is 0 Å². The number of nitrogens with zero attached hydrogens (tertiary/aromatic N) is 2. The molecule has 1 aromatic carbocycles. The lowest BCUT2D eigenvalue weighted by Gasteiger charge is -2.04. The molecule has 2 aromatic rings. The van der Waals surface area contributed by atoms with Crippen LogP contribution >= 0.6 is 11.6 Å². The van der Waals surface area contributed by atoms with Crippen molar-refractivity contribution in [3.8, 4) is 0 Å². The van der Waals surface area contributed by atoms with Gasteiger partial charge in [-0.3, -0.25) is 10.1 Å². The van der Waals surface area contributed by atoms with Crippen molar-refractivity contribution in [1.82, 2.24) is 9.97 Å². The van der Waals surface area contributed by atoms with Crippen LogP contribution in [0.15, 0.2) is 36.5 Å². The summed E-state index contributed by atoms with van der Waals surface area (Å²) in [4.78, 5) is 19.5. The summed E-state index contributed by atoms with van der Waals surface area (Å²) in [6, 6.07) is 8.98. The van der Waals surface area contributed by atoms with Crippen molar-refractivity contribution in [2.75, 3.05) is 11.1 Å². The number of anilines is 2. The van der Waals surface area contributed by atoms with Crippen LogP contribution in [0.3, 0.4) is 0 Å².